The van der Waals surface area contributed by atoms with Crippen molar-refractivity contribution in [2.24, 2.45) is 0 Å². The van der Waals surface area contributed by atoms with Crippen molar-refractivity contribution >= 4 is 39.1 Å². The average molecular weight is 384 g/mol. The second-order valence-corrected chi connectivity index (χ2v) is 7.19. The SMILES string of the molecule is Cc1ccc(NC(=O)CN(C)C(=O)CCn2cnc3sccc3c2=O)cc1. The van der Waals surface area contributed by atoms with E-state index >= 15 is 0 Å². The number of aromatic nitrogens is 2. The fourth-order valence-corrected chi connectivity index (χ4v) is 3.32. The monoisotopic (exact) mass is 384 g/mol. The van der Waals surface area contributed by atoms with Crippen LogP contribution in [-0.2, 0) is 16.1 Å². The standard InChI is InChI=1S/C19H20N4O3S/c1-13-3-5-14(6-4-13)21-16(24)11-22(2)17(25)7-9-23-12-20-18-15(19(23)26)8-10-27-18/h3-6,8,10,12H,7,9,11H2,1-2H3,(H,21,24). The number of nitrogens with one attached hydrogen (secondary N) is 1. The number of benzene rings is 1. The first-order chi connectivity index (χ1) is 12.9. The average Bonchev–Trinajstić information content (AvgIpc) is 3.12. The molecule has 2 aromatic heterocycles. The third-order valence-electron chi connectivity index (χ3n) is 4.16. The van der Waals surface area contributed by atoms with Crippen LogP contribution in [0.15, 0.2) is 46.8 Å². The minimum absolute atomic E-state index is 0.0522. The van der Waals surface area contributed by atoms with E-state index in [0.717, 1.165) is 5.56 Å². The summed E-state index contributed by atoms with van der Waals surface area (Å²) in [7, 11) is 1.57. The van der Waals surface area contributed by atoms with Crippen LogP contribution >= 0.6 is 11.3 Å². The second-order valence-electron chi connectivity index (χ2n) is 6.30. The van der Waals surface area contributed by atoms with Gasteiger partial charge in [-0.2, -0.15) is 0 Å². The fourth-order valence-electron chi connectivity index (χ4n) is 2.60. The van der Waals surface area contributed by atoms with Crippen molar-refractivity contribution in [1.29, 1.82) is 0 Å². The zero-order chi connectivity index (χ0) is 19.4. The number of likely N-dealkylation sites (N-methyl/N-ethyl adjacent to an activating group) is 1. The van der Waals surface area contributed by atoms with E-state index in [2.05, 4.69) is 10.3 Å². The molecule has 1 N–H and O–H groups in total. The zero-order valence-electron chi connectivity index (χ0n) is 15.1. The van der Waals surface area contributed by atoms with Crippen molar-refractivity contribution in [3.05, 3.63) is 58.0 Å². The molecule has 0 spiro atoms. The van der Waals surface area contributed by atoms with Gasteiger partial charge < -0.3 is 10.2 Å². The van der Waals surface area contributed by atoms with Crippen LogP contribution in [0.3, 0.4) is 0 Å². The highest BCUT2D eigenvalue weighted by atomic mass is 32.1. The lowest BCUT2D eigenvalue weighted by Crippen LogP contribution is -2.35. The van der Waals surface area contributed by atoms with E-state index in [4.69, 9.17) is 0 Å². The van der Waals surface area contributed by atoms with Gasteiger partial charge in [0, 0.05) is 25.7 Å². The fraction of sp³-hybridized carbons (Fsp3) is 0.263. The van der Waals surface area contributed by atoms with Crippen molar-refractivity contribution < 1.29 is 9.59 Å². The molecule has 0 bridgehead atoms. The Morgan fingerprint density at radius 2 is 1.96 bits per heavy atom. The summed E-state index contributed by atoms with van der Waals surface area (Å²) in [6.07, 6.45) is 1.57. The van der Waals surface area contributed by atoms with Gasteiger partial charge in [-0.05, 0) is 30.5 Å². The maximum atomic E-state index is 12.3. The molecule has 1 aromatic carbocycles. The van der Waals surface area contributed by atoms with Gasteiger partial charge in [-0.25, -0.2) is 4.98 Å². The van der Waals surface area contributed by atoms with Gasteiger partial charge in [0.1, 0.15) is 4.83 Å². The quantitative estimate of drug-likeness (QED) is 0.706. The number of rotatable bonds is 6. The summed E-state index contributed by atoms with van der Waals surface area (Å²) in [6, 6.07) is 9.17. The number of aryl methyl sites for hydroxylation is 2. The topological polar surface area (TPSA) is 84.3 Å². The number of carbonyl (C=O) groups is 2. The van der Waals surface area contributed by atoms with Crippen molar-refractivity contribution in [2.45, 2.75) is 19.9 Å². The van der Waals surface area contributed by atoms with E-state index in [-0.39, 0.29) is 36.9 Å². The Labute approximate surface area is 160 Å². The molecule has 7 nitrogen and oxygen atoms in total. The van der Waals surface area contributed by atoms with Crippen LogP contribution in [0.1, 0.15) is 12.0 Å². The molecule has 0 aliphatic heterocycles. The summed E-state index contributed by atoms with van der Waals surface area (Å²) < 4.78 is 1.42. The highest BCUT2D eigenvalue weighted by Crippen LogP contribution is 2.13. The number of amides is 2. The van der Waals surface area contributed by atoms with E-state index in [1.807, 2.05) is 36.6 Å². The molecule has 8 heteroatoms. The van der Waals surface area contributed by atoms with Gasteiger partial charge >= 0.3 is 0 Å². The lowest BCUT2D eigenvalue weighted by Gasteiger charge is -2.17. The normalized spacial score (nSPS) is 10.7. The van der Waals surface area contributed by atoms with E-state index in [0.29, 0.717) is 15.9 Å². The summed E-state index contributed by atoms with van der Waals surface area (Å²) in [5, 5.41) is 5.13. The number of hydrogen-bond acceptors (Lipinski definition) is 5. The molecule has 2 heterocycles. The highest BCUT2D eigenvalue weighted by Gasteiger charge is 2.14. The van der Waals surface area contributed by atoms with Gasteiger partial charge in [0.2, 0.25) is 11.8 Å². The number of anilines is 1. The maximum absolute atomic E-state index is 12.3. The molecule has 0 saturated heterocycles. The van der Waals surface area contributed by atoms with Crippen molar-refractivity contribution in [3.8, 4) is 0 Å². The van der Waals surface area contributed by atoms with Crippen LogP contribution in [0.5, 0.6) is 0 Å². The van der Waals surface area contributed by atoms with Crippen LogP contribution in [-0.4, -0.2) is 39.9 Å². The first-order valence-electron chi connectivity index (χ1n) is 8.47. The van der Waals surface area contributed by atoms with Crippen molar-refractivity contribution in [2.75, 3.05) is 18.9 Å². The Hall–Kier alpha value is -3.00. The molecule has 0 radical (unpaired) electrons. The number of thiophene rings is 1. The Kier molecular flexibility index (Phi) is 5.66. The number of carbonyl (C=O) groups excluding carboxylic acids is 2. The highest BCUT2D eigenvalue weighted by molar-refractivity contribution is 7.16. The Morgan fingerprint density at radius 1 is 1.22 bits per heavy atom. The summed E-state index contributed by atoms with van der Waals surface area (Å²) in [4.78, 5) is 43.0. The minimum Gasteiger partial charge on any atom is -0.336 e. The molecule has 0 fully saturated rings. The summed E-state index contributed by atoms with van der Waals surface area (Å²) in [5.41, 5.74) is 1.63. The van der Waals surface area contributed by atoms with Gasteiger partial charge in [-0.3, -0.25) is 19.0 Å². The van der Waals surface area contributed by atoms with E-state index < -0.39 is 0 Å². The Morgan fingerprint density at radius 3 is 2.70 bits per heavy atom. The van der Waals surface area contributed by atoms with E-state index in [9.17, 15) is 14.4 Å². The van der Waals surface area contributed by atoms with Crippen LogP contribution in [0.25, 0.3) is 10.2 Å². The molecule has 3 rings (SSSR count). The summed E-state index contributed by atoms with van der Waals surface area (Å²) >= 11 is 1.40. The lowest BCUT2D eigenvalue weighted by atomic mass is 10.2. The first kappa shape index (κ1) is 18.8. The number of hydrogen-bond donors (Lipinski definition) is 1. The smallest absolute Gasteiger partial charge is 0.262 e. The van der Waals surface area contributed by atoms with Gasteiger partial charge in [0.25, 0.3) is 5.56 Å². The Balaban J connectivity index is 1.53. The van der Waals surface area contributed by atoms with E-state index in [1.54, 1.807) is 13.1 Å². The van der Waals surface area contributed by atoms with Gasteiger partial charge in [-0.15, -0.1) is 11.3 Å². The zero-order valence-corrected chi connectivity index (χ0v) is 16.0. The molecule has 0 aliphatic carbocycles. The largest absolute Gasteiger partial charge is 0.336 e. The minimum atomic E-state index is -0.270. The van der Waals surface area contributed by atoms with Gasteiger partial charge in [0.15, 0.2) is 0 Å². The molecule has 0 aliphatic rings. The summed E-state index contributed by atoms with van der Waals surface area (Å²) in [5.74, 6) is -0.486. The van der Waals surface area contributed by atoms with Crippen LogP contribution in [0.4, 0.5) is 5.69 Å². The first-order valence-corrected chi connectivity index (χ1v) is 9.35. The molecule has 3 aromatic rings. The second kappa shape index (κ2) is 8.13. The number of nitrogens with zero attached hydrogens (tertiary/aromatic N) is 3. The van der Waals surface area contributed by atoms with Crippen molar-refractivity contribution in [1.82, 2.24) is 14.5 Å². The van der Waals surface area contributed by atoms with Gasteiger partial charge in [-0.1, -0.05) is 17.7 Å². The van der Waals surface area contributed by atoms with Crippen LogP contribution in [0.2, 0.25) is 0 Å². The molecular weight excluding hydrogens is 364 g/mol. The molecule has 0 unspecified atom stereocenters. The van der Waals surface area contributed by atoms with E-state index in [1.165, 1.54) is 27.1 Å². The molecular formula is C19H20N4O3S. The van der Waals surface area contributed by atoms with Crippen molar-refractivity contribution in [3.63, 3.8) is 0 Å². The lowest BCUT2D eigenvalue weighted by molar-refractivity contribution is -0.133. The van der Waals surface area contributed by atoms with Crippen LogP contribution in [0, 0.1) is 6.92 Å². The third kappa shape index (κ3) is 4.59. The van der Waals surface area contributed by atoms with Crippen LogP contribution < -0.4 is 10.9 Å². The maximum Gasteiger partial charge on any atom is 0.262 e. The predicted octanol–water partition coefficient (Wildman–Crippen LogP) is 2.25. The molecule has 0 atom stereocenters. The molecule has 27 heavy (non-hydrogen) atoms. The molecule has 0 saturated carbocycles. The predicted molar refractivity (Wildman–Crippen MR) is 106 cm³/mol. The molecule has 2 amide bonds. The third-order valence-corrected chi connectivity index (χ3v) is 4.98. The number of fused-ring (bicyclic) bond motifs is 1. The Bertz CT molecular complexity index is 1020. The molecule has 140 valence electrons. The summed E-state index contributed by atoms with van der Waals surface area (Å²) in [6.45, 7) is 2.14. The van der Waals surface area contributed by atoms with Gasteiger partial charge in [0.05, 0.1) is 18.3 Å².